The lowest BCUT2D eigenvalue weighted by Gasteiger charge is -2.23. The highest BCUT2D eigenvalue weighted by atomic mass is 31.2. The second-order valence-corrected chi connectivity index (χ2v) is 8.87. The summed E-state index contributed by atoms with van der Waals surface area (Å²) in [6.45, 7) is 1.36. The summed E-state index contributed by atoms with van der Waals surface area (Å²) in [5, 5.41) is 14.0. The van der Waals surface area contributed by atoms with E-state index in [2.05, 4.69) is 21.1 Å². The third kappa shape index (κ3) is 3.55. The van der Waals surface area contributed by atoms with E-state index in [0.717, 1.165) is 6.07 Å². The van der Waals surface area contributed by atoms with E-state index in [1.165, 1.54) is 30.1 Å². The topological polar surface area (TPSA) is 138 Å². The van der Waals surface area contributed by atoms with Gasteiger partial charge in [-0.15, -0.1) is 0 Å². The summed E-state index contributed by atoms with van der Waals surface area (Å²) in [6, 6.07) is 5.74. The standard InChI is InChI=1S/C19H18FN6O4P/c1-10-12-6-11(20)4-5-16(12)31(27,28-3)29-9-14-17(15(7-21)26(2)25-14)13-8-23-18(22)19(24-13)30-10/h4-6,8,10H,9H2,1-3H3,(H2,22,23). The SMILES string of the molecule is COP1(=O)OCc2nn(C)c(C#N)c2-c2cnc(N)c(n2)OC(C)c2cc(F)ccc21. The van der Waals surface area contributed by atoms with Crippen molar-refractivity contribution in [3.8, 4) is 23.2 Å². The molecule has 160 valence electrons. The van der Waals surface area contributed by atoms with Crippen LogP contribution in [0.15, 0.2) is 24.4 Å². The van der Waals surface area contributed by atoms with Gasteiger partial charge in [0, 0.05) is 19.7 Å². The average Bonchev–Trinajstić information content (AvgIpc) is 3.08. The smallest absolute Gasteiger partial charge is 0.361 e. The van der Waals surface area contributed by atoms with Crippen LogP contribution in [0.2, 0.25) is 0 Å². The maximum Gasteiger partial charge on any atom is 0.361 e. The molecule has 0 aliphatic carbocycles. The Hall–Kier alpha value is -3.32. The number of nitrogens with two attached hydrogens (primary N) is 1. The largest absolute Gasteiger partial charge is 0.467 e. The zero-order valence-corrected chi connectivity index (χ0v) is 17.8. The molecule has 10 nitrogen and oxygen atoms in total. The van der Waals surface area contributed by atoms with Gasteiger partial charge >= 0.3 is 7.60 Å². The molecule has 3 heterocycles. The van der Waals surface area contributed by atoms with Gasteiger partial charge in [0.25, 0.3) is 5.88 Å². The second-order valence-electron chi connectivity index (χ2n) is 6.77. The number of hydrogen-bond acceptors (Lipinski definition) is 9. The number of nitriles is 1. The van der Waals surface area contributed by atoms with E-state index in [1.807, 2.05) is 0 Å². The van der Waals surface area contributed by atoms with E-state index >= 15 is 0 Å². The molecule has 31 heavy (non-hydrogen) atoms. The molecule has 4 rings (SSSR count). The minimum Gasteiger partial charge on any atom is -0.467 e. The number of rotatable bonds is 1. The van der Waals surface area contributed by atoms with Crippen molar-refractivity contribution < 1.29 is 22.7 Å². The molecule has 2 atom stereocenters. The molecule has 3 aromatic rings. The van der Waals surface area contributed by atoms with Crippen LogP contribution in [-0.4, -0.2) is 26.9 Å². The molecule has 2 unspecified atom stereocenters. The number of anilines is 1. The first-order valence-electron chi connectivity index (χ1n) is 9.13. The van der Waals surface area contributed by atoms with Crippen LogP contribution in [0.25, 0.3) is 11.3 Å². The van der Waals surface area contributed by atoms with Crippen molar-refractivity contribution in [2.24, 2.45) is 7.05 Å². The van der Waals surface area contributed by atoms with Crippen LogP contribution in [0.1, 0.15) is 30.0 Å². The van der Waals surface area contributed by atoms with Gasteiger partial charge in [-0.1, -0.05) is 0 Å². The van der Waals surface area contributed by atoms with E-state index in [0.29, 0.717) is 11.3 Å². The number of nitrogens with zero attached hydrogens (tertiary/aromatic N) is 5. The molecular formula is C19H18FN6O4P. The van der Waals surface area contributed by atoms with Gasteiger partial charge in [-0.05, 0) is 25.1 Å². The number of benzene rings is 1. The Bertz CT molecular complexity index is 1270. The number of ether oxygens (including phenoxy) is 1. The van der Waals surface area contributed by atoms with Gasteiger partial charge in [-0.25, -0.2) is 14.4 Å². The van der Waals surface area contributed by atoms with Crippen molar-refractivity contribution in [1.82, 2.24) is 19.7 Å². The highest BCUT2D eigenvalue weighted by Crippen LogP contribution is 2.49. The monoisotopic (exact) mass is 444 g/mol. The van der Waals surface area contributed by atoms with Crippen LogP contribution in [0.4, 0.5) is 10.2 Å². The predicted molar refractivity (Wildman–Crippen MR) is 108 cm³/mol. The van der Waals surface area contributed by atoms with Gasteiger partial charge in [0.2, 0.25) is 0 Å². The van der Waals surface area contributed by atoms with Crippen LogP contribution in [-0.2, 0) is 27.3 Å². The summed E-state index contributed by atoms with van der Waals surface area (Å²) in [5.41, 5.74) is 7.29. The van der Waals surface area contributed by atoms with Crippen LogP contribution in [0, 0.1) is 17.1 Å². The molecule has 1 aliphatic rings. The fraction of sp³-hybridized carbons (Fsp3) is 0.263. The van der Waals surface area contributed by atoms with E-state index in [9.17, 15) is 14.2 Å². The lowest BCUT2D eigenvalue weighted by molar-refractivity contribution is 0.214. The molecule has 0 saturated heterocycles. The summed E-state index contributed by atoms with van der Waals surface area (Å²) < 4.78 is 45.8. The first-order chi connectivity index (χ1) is 14.8. The van der Waals surface area contributed by atoms with Crippen LogP contribution >= 0.6 is 7.60 Å². The van der Waals surface area contributed by atoms with E-state index in [1.54, 1.807) is 14.0 Å². The summed E-state index contributed by atoms with van der Waals surface area (Å²) in [6.07, 6.45) is 0.552. The fourth-order valence-electron chi connectivity index (χ4n) is 3.36. The molecule has 0 fully saturated rings. The Kier molecular flexibility index (Phi) is 5.23. The highest BCUT2D eigenvalue weighted by Gasteiger charge is 2.34. The average molecular weight is 444 g/mol. The molecule has 2 bridgehead atoms. The third-order valence-corrected chi connectivity index (χ3v) is 6.82. The van der Waals surface area contributed by atoms with Gasteiger partial charge in [0.05, 0.1) is 28.5 Å². The zero-order chi connectivity index (χ0) is 22.3. The van der Waals surface area contributed by atoms with Crippen molar-refractivity contribution in [2.45, 2.75) is 19.6 Å². The highest BCUT2D eigenvalue weighted by molar-refractivity contribution is 7.62. The molecule has 2 aromatic heterocycles. The van der Waals surface area contributed by atoms with E-state index in [-0.39, 0.29) is 40.6 Å². The first kappa shape index (κ1) is 20.9. The van der Waals surface area contributed by atoms with Gasteiger partial charge < -0.3 is 15.0 Å². The van der Waals surface area contributed by atoms with Gasteiger partial charge in [-0.2, -0.15) is 10.4 Å². The Morgan fingerprint density at radius 2 is 2.23 bits per heavy atom. The maximum atomic E-state index is 14.0. The predicted octanol–water partition coefficient (Wildman–Crippen LogP) is 2.61. The molecule has 0 radical (unpaired) electrons. The van der Waals surface area contributed by atoms with Crippen LogP contribution in [0.3, 0.4) is 0 Å². The minimum absolute atomic E-state index is 0.000680. The number of fused-ring (bicyclic) bond motifs is 5. The van der Waals surface area contributed by atoms with Gasteiger partial charge in [0.15, 0.2) is 5.82 Å². The van der Waals surface area contributed by atoms with Crippen molar-refractivity contribution in [1.29, 1.82) is 5.26 Å². The van der Waals surface area contributed by atoms with Crippen LogP contribution in [0.5, 0.6) is 5.88 Å². The zero-order valence-electron chi connectivity index (χ0n) is 16.9. The minimum atomic E-state index is -3.91. The van der Waals surface area contributed by atoms with Crippen molar-refractivity contribution in [3.63, 3.8) is 0 Å². The summed E-state index contributed by atoms with van der Waals surface area (Å²) in [5.74, 6) is -0.573. The Balaban J connectivity index is 1.99. The van der Waals surface area contributed by atoms with Crippen molar-refractivity contribution in [3.05, 3.63) is 47.2 Å². The molecule has 1 aromatic carbocycles. The molecule has 0 spiro atoms. The van der Waals surface area contributed by atoms with Gasteiger partial charge in [-0.3, -0.25) is 13.8 Å². The number of halogens is 1. The molecule has 2 N–H and O–H groups in total. The first-order valence-corrected chi connectivity index (χ1v) is 10.7. The quantitative estimate of drug-likeness (QED) is 0.561. The summed E-state index contributed by atoms with van der Waals surface area (Å²) >= 11 is 0. The Labute approximate surface area is 176 Å². The van der Waals surface area contributed by atoms with Crippen molar-refractivity contribution >= 4 is 18.7 Å². The van der Waals surface area contributed by atoms with Crippen LogP contribution < -0.4 is 15.8 Å². The van der Waals surface area contributed by atoms with Crippen molar-refractivity contribution in [2.75, 3.05) is 12.8 Å². The maximum absolute atomic E-state index is 14.0. The second kappa shape index (κ2) is 7.74. The fourth-order valence-corrected chi connectivity index (χ4v) is 4.92. The molecule has 0 amide bonds. The Morgan fingerprint density at radius 1 is 1.45 bits per heavy atom. The normalized spacial score (nSPS) is 20.4. The molecule has 1 aliphatic heterocycles. The number of aryl methyl sites for hydroxylation is 1. The molecule has 0 saturated carbocycles. The van der Waals surface area contributed by atoms with E-state index < -0.39 is 19.5 Å². The molecule has 12 heteroatoms. The number of aromatic nitrogens is 4. The third-order valence-electron chi connectivity index (χ3n) is 4.87. The van der Waals surface area contributed by atoms with Gasteiger partial charge in [0.1, 0.15) is 30.3 Å². The lowest BCUT2D eigenvalue weighted by Crippen LogP contribution is -2.20. The van der Waals surface area contributed by atoms with E-state index in [4.69, 9.17) is 19.5 Å². The number of hydrogen-bond donors (Lipinski definition) is 1. The molecular weight excluding hydrogens is 426 g/mol. The number of nitrogen functional groups attached to an aromatic ring is 1. The Morgan fingerprint density at radius 3 is 2.94 bits per heavy atom. The summed E-state index contributed by atoms with van der Waals surface area (Å²) in [7, 11) is -1.09. The lowest BCUT2D eigenvalue weighted by atomic mass is 10.1. The summed E-state index contributed by atoms with van der Waals surface area (Å²) in [4.78, 5) is 8.52.